The molecule has 0 heterocycles. The molecule has 4 nitrogen and oxygen atoms in total. The normalized spacial score (nSPS) is 10.8. The van der Waals surface area contributed by atoms with Crippen LogP contribution in [0.1, 0.15) is 24.0 Å². The molecule has 0 aliphatic heterocycles. The zero-order valence-electron chi connectivity index (χ0n) is 12.4. The maximum absolute atomic E-state index is 11.9. The van der Waals surface area contributed by atoms with Gasteiger partial charge >= 0.3 is 0 Å². The third-order valence-electron chi connectivity index (χ3n) is 2.85. The summed E-state index contributed by atoms with van der Waals surface area (Å²) >= 11 is 0. The van der Waals surface area contributed by atoms with Gasteiger partial charge < -0.3 is 15.5 Å². The lowest BCUT2D eigenvalue weighted by atomic mass is 10.1. The molecule has 0 aliphatic carbocycles. The van der Waals surface area contributed by atoms with Gasteiger partial charge in [0.05, 0.1) is 0 Å². The molecule has 1 rings (SSSR count). The van der Waals surface area contributed by atoms with Crippen LogP contribution in [0, 0.1) is 6.92 Å². The van der Waals surface area contributed by atoms with E-state index in [-0.39, 0.29) is 5.91 Å². The molecule has 0 spiro atoms. The molecule has 0 aromatic heterocycles. The van der Waals surface area contributed by atoms with E-state index in [1.807, 2.05) is 33.3 Å². The molecule has 0 saturated carbocycles. The summed E-state index contributed by atoms with van der Waals surface area (Å²) in [6.07, 6.45) is 1.41. The van der Waals surface area contributed by atoms with Crippen molar-refractivity contribution < 1.29 is 4.79 Å². The molecular formula is C15H25N3O. The first-order chi connectivity index (χ1) is 9.02. The van der Waals surface area contributed by atoms with Crippen molar-refractivity contribution in [2.75, 3.05) is 33.0 Å². The minimum atomic E-state index is 0.0825. The van der Waals surface area contributed by atoms with Gasteiger partial charge in [0.2, 0.25) is 5.91 Å². The summed E-state index contributed by atoms with van der Waals surface area (Å²) in [7, 11) is 5.95. The Labute approximate surface area is 116 Å². The average molecular weight is 263 g/mol. The molecule has 4 heteroatoms. The Hall–Kier alpha value is -1.39. The van der Waals surface area contributed by atoms with Crippen LogP contribution in [0.4, 0.5) is 5.69 Å². The van der Waals surface area contributed by atoms with Crippen LogP contribution in [0.2, 0.25) is 0 Å². The molecule has 1 amide bonds. The van der Waals surface area contributed by atoms with E-state index in [1.54, 1.807) is 0 Å². The number of aryl methyl sites for hydroxylation is 1. The van der Waals surface area contributed by atoms with Crippen molar-refractivity contribution in [1.82, 2.24) is 10.2 Å². The summed E-state index contributed by atoms with van der Waals surface area (Å²) in [5, 5.41) is 6.05. The number of amides is 1. The number of carbonyl (C=O) groups excluding carboxylic acids is 1. The topological polar surface area (TPSA) is 44.4 Å². The summed E-state index contributed by atoms with van der Waals surface area (Å²) in [6.45, 7) is 3.76. The van der Waals surface area contributed by atoms with Crippen LogP contribution in [-0.4, -0.2) is 38.5 Å². The minimum absolute atomic E-state index is 0.0825. The van der Waals surface area contributed by atoms with Gasteiger partial charge in [-0.2, -0.15) is 0 Å². The molecule has 0 unspecified atom stereocenters. The number of hydrogen-bond donors (Lipinski definition) is 2. The number of anilines is 1. The summed E-state index contributed by atoms with van der Waals surface area (Å²) in [4.78, 5) is 14.0. The standard InChI is InChI=1S/C15H25N3O/c1-12-7-8-14(13(10-12)11-18(3)4)17-15(19)6-5-9-16-2/h7-8,10,16H,5-6,9,11H2,1-4H3,(H,17,19). The first kappa shape index (κ1) is 15.7. The van der Waals surface area contributed by atoms with E-state index in [0.29, 0.717) is 6.42 Å². The number of rotatable bonds is 7. The van der Waals surface area contributed by atoms with E-state index in [4.69, 9.17) is 0 Å². The van der Waals surface area contributed by atoms with Crippen LogP contribution in [0.25, 0.3) is 0 Å². The Morgan fingerprint density at radius 1 is 1.32 bits per heavy atom. The van der Waals surface area contributed by atoms with Gasteiger partial charge in [0.15, 0.2) is 0 Å². The molecule has 0 atom stereocenters. The molecule has 0 fully saturated rings. The van der Waals surface area contributed by atoms with E-state index in [2.05, 4.69) is 28.5 Å². The van der Waals surface area contributed by atoms with Crippen molar-refractivity contribution in [2.24, 2.45) is 0 Å². The van der Waals surface area contributed by atoms with Crippen LogP contribution < -0.4 is 10.6 Å². The number of nitrogens with one attached hydrogen (secondary N) is 2. The van der Waals surface area contributed by atoms with Crippen molar-refractivity contribution >= 4 is 11.6 Å². The predicted octanol–water partition coefficient (Wildman–Crippen LogP) is 1.99. The summed E-state index contributed by atoms with van der Waals surface area (Å²) < 4.78 is 0. The second-order valence-corrected chi connectivity index (χ2v) is 5.15. The van der Waals surface area contributed by atoms with Crippen LogP contribution >= 0.6 is 0 Å². The smallest absolute Gasteiger partial charge is 0.224 e. The number of carbonyl (C=O) groups is 1. The zero-order valence-corrected chi connectivity index (χ0v) is 12.4. The van der Waals surface area contributed by atoms with Crippen LogP contribution in [0.15, 0.2) is 18.2 Å². The maximum atomic E-state index is 11.9. The lowest BCUT2D eigenvalue weighted by Crippen LogP contribution is -2.18. The van der Waals surface area contributed by atoms with Crippen LogP contribution in [-0.2, 0) is 11.3 Å². The lowest BCUT2D eigenvalue weighted by molar-refractivity contribution is -0.116. The van der Waals surface area contributed by atoms with Gasteiger partial charge in [-0.3, -0.25) is 4.79 Å². The highest BCUT2D eigenvalue weighted by molar-refractivity contribution is 5.91. The zero-order chi connectivity index (χ0) is 14.3. The second-order valence-electron chi connectivity index (χ2n) is 5.15. The quantitative estimate of drug-likeness (QED) is 0.740. The van der Waals surface area contributed by atoms with Crippen molar-refractivity contribution in [2.45, 2.75) is 26.3 Å². The van der Waals surface area contributed by atoms with Crippen molar-refractivity contribution in [1.29, 1.82) is 0 Å². The predicted molar refractivity (Wildman–Crippen MR) is 80.4 cm³/mol. The summed E-state index contributed by atoms with van der Waals surface area (Å²) in [5.74, 6) is 0.0825. The van der Waals surface area contributed by atoms with Gasteiger partial charge in [-0.25, -0.2) is 0 Å². The fraction of sp³-hybridized carbons (Fsp3) is 0.533. The maximum Gasteiger partial charge on any atom is 0.224 e. The van der Waals surface area contributed by atoms with E-state index in [9.17, 15) is 4.79 Å². The highest BCUT2D eigenvalue weighted by Crippen LogP contribution is 2.19. The SMILES string of the molecule is CNCCCC(=O)Nc1ccc(C)cc1CN(C)C. The van der Waals surface area contributed by atoms with E-state index in [0.717, 1.165) is 30.8 Å². The molecule has 106 valence electrons. The van der Waals surface area contributed by atoms with Gasteiger partial charge in [0.25, 0.3) is 0 Å². The third-order valence-corrected chi connectivity index (χ3v) is 2.85. The molecule has 1 aromatic rings. The molecule has 19 heavy (non-hydrogen) atoms. The van der Waals surface area contributed by atoms with Crippen molar-refractivity contribution in [3.05, 3.63) is 29.3 Å². The molecule has 0 radical (unpaired) electrons. The molecule has 0 saturated heterocycles. The Balaban J connectivity index is 2.68. The number of nitrogens with zero attached hydrogens (tertiary/aromatic N) is 1. The fourth-order valence-electron chi connectivity index (χ4n) is 1.95. The summed E-state index contributed by atoms with van der Waals surface area (Å²) in [5.41, 5.74) is 3.30. The number of benzene rings is 1. The van der Waals surface area contributed by atoms with E-state index < -0.39 is 0 Å². The van der Waals surface area contributed by atoms with Crippen molar-refractivity contribution in [3.63, 3.8) is 0 Å². The third kappa shape index (κ3) is 5.85. The van der Waals surface area contributed by atoms with Gasteiger partial charge in [0.1, 0.15) is 0 Å². The van der Waals surface area contributed by atoms with Gasteiger partial charge in [0, 0.05) is 18.7 Å². The second kappa shape index (κ2) is 7.92. The highest BCUT2D eigenvalue weighted by atomic mass is 16.1. The monoisotopic (exact) mass is 263 g/mol. The average Bonchev–Trinajstić information content (AvgIpc) is 2.32. The minimum Gasteiger partial charge on any atom is -0.326 e. The van der Waals surface area contributed by atoms with Crippen molar-refractivity contribution in [3.8, 4) is 0 Å². The van der Waals surface area contributed by atoms with Gasteiger partial charge in [-0.05, 0) is 52.7 Å². The lowest BCUT2D eigenvalue weighted by Gasteiger charge is -2.15. The number of hydrogen-bond acceptors (Lipinski definition) is 3. The van der Waals surface area contributed by atoms with E-state index in [1.165, 1.54) is 5.56 Å². The largest absolute Gasteiger partial charge is 0.326 e. The molecule has 0 aliphatic rings. The van der Waals surface area contributed by atoms with Crippen LogP contribution in [0.5, 0.6) is 0 Å². The Morgan fingerprint density at radius 3 is 2.68 bits per heavy atom. The molecule has 1 aromatic carbocycles. The fourth-order valence-corrected chi connectivity index (χ4v) is 1.95. The Kier molecular flexibility index (Phi) is 6.53. The highest BCUT2D eigenvalue weighted by Gasteiger charge is 2.08. The Morgan fingerprint density at radius 2 is 2.05 bits per heavy atom. The molecule has 2 N–H and O–H groups in total. The first-order valence-electron chi connectivity index (χ1n) is 6.71. The molecular weight excluding hydrogens is 238 g/mol. The Bertz CT molecular complexity index is 416. The first-order valence-corrected chi connectivity index (χ1v) is 6.71. The van der Waals surface area contributed by atoms with E-state index >= 15 is 0 Å². The van der Waals surface area contributed by atoms with Gasteiger partial charge in [-0.15, -0.1) is 0 Å². The van der Waals surface area contributed by atoms with Crippen LogP contribution in [0.3, 0.4) is 0 Å². The summed E-state index contributed by atoms with van der Waals surface area (Å²) in [6, 6.07) is 6.15. The molecule has 0 bridgehead atoms. The van der Waals surface area contributed by atoms with Gasteiger partial charge in [-0.1, -0.05) is 17.7 Å².